The fourth-order valence-electron chi connectivity index (χ4n) is 3.90. The van der Waals surface area contributed by atoms with Crippen molar-refractivity contribution in [3.05, 3.63) is 63.7 Å². The van der Waals surface area contributed by atoms with E-state index in [2.05, 4.69) is 50.4 Å². The quantitative estimate of drug-likeness (QED) is 0.551. The lowest BCUT2D eigenvalue weighted by molar-refractivity contribution is -0.185. The Balaban J connectivity index is 1.68. The zero-order chi connectivity index (χ0) is 23.5. The summed E-state index contributed by atoms with van der Waals surface area (Å²) in [5.41, 5.74) is 5.24. The molecule has 0 fully saturated rings. The molecule has 3 nitrogen and oxygen atoms in total. The Morgan fingerprint density at radius 1 is 1.00 bits per heavy atom. The van der Waals surface area contributed by atoms with Crippen molar-refractivity contribution in [3.8, 4) is 0 Å². The minimum absolute atomic E-state index is 0.0167. The molecule has 1 aliphatic heterocycles. The highest BCUT2D eigenvalue weighted by Gasteiger charge is 2.42. The molecule has 1 N–H and O–H groups in total. The second-order valence-corrected chi connectivity index (χ2v) is 9.99. The number of benzene rings is 2. The molecule has 0 spiro atoms. The number of hydrogen-bond donors (Lipinski definition) is 1. The van der Waals surface area contributed by atoms with Crippen molar-refractivity contribution >= 4 is 23.2 Å². The van der Waals surface area contributed by atoms with Gasteiger partial charge in [0, 0.05) is 19.6 Å². The van der Waals surface area contributed by atoms with E-state index in [0.717, 1.165) is 40.1 Å². The van der Waals surface area contributed by atoms with Crippen molar-refractivity contribution in [1.82, 2.24) is 4.90 Å². The highest BCUT2D eigenvalue weighted by Crippen LogP contribution is 2.33. The Labute approximate surface area is 192 Å². The SMILES string of the molecule is CC(C)(C)CCc1ccc(CNc2c(Cl)ccc3c2CCN(C(=O)C(F)(F)F)CC3)cc1. The van der Waals surface area contributed by atoms with Crippen molar-refractivity contribution < 1.29 is 18.0 Å². The Morgan fingerprint density at radius 2 is 1.62 bits per heavy atom. The zero-order valence-corrected chi connectivity index (χ0v) is 19.5. The normalized spacial score (nSPS) is 14.7. The number of rotatable bonds is 5. The molecular formula is C25H30ClF3N2O. The van der Waals surface area contributed by atoms with E-state index in [9.17, 15) is 18.0 Å². The van der Waals surface area contributed by atoms with Gasteiger partial charge in [0.15, 0.2) is 0 Å². The first kappa shape index (κ1) is 24.4. The predicted molar refractivity (Wildman–Crippen MR) is 123 cm³/mol. The summed E-state index contributed by atoms with van der Waals surface area (Å²) >= 11 is 6.44. The maximum Gasteiger partial charge on any atom is 0.471 e. The maximum atomic E-state index is 12.9. The summed E-state index contributed by atoms with van der Waals surface area (Å²) in [4.78, 5) is 12.6. The van der Waals surface area contributed by atoms with Crippen LogP contribution in [0.5, 0.6) is 0 Å². The van der Waals surface area contributed by atoms with Crippen LogP contribution < -0.4 is 5.32 Å². The molecule has 0 aliphatic carbocycles. The van der Waals surface area contributed by atoms with Crippen LogP contribution in [0.15, 0.2) is 36.4 Å². The smallest absolute Gasteiger partial charge is 0.380 e. The Kier molecular flexibility index (Phi) is 7.43. The molecule has 1 heterocycles. The molecule has 32 heavy (non-hydrogen) atoms. The van der Waals surface area contributed by atoms with Crippen LogP contribution in [0.2, 0.25) is 5.02 Å². The Morgan fingerprint density at radius 3 is 2.25 bits per heavy atom. The standard InChI is InChI=1S/C25H30ClF3N2O/c1-24(2,3)13-10-17-4-6-18(7-5-17)16-30-22-20-12-15-31(23(32)25(27,28)29)14-11-19(20)8-9-21(22)26/h4-9,30H,10-16H2,1-3H3. The summed E-state index contributed by atoms with van der Waals surface area (Å²) in [6.45, 7) is 7.31. The summed E-state index contributed by atoms with van der Waals surface area (Å²) in [5.74, 6) is -1.78. The first-order chi connectivity index (χ1) is 14.9. The molecule has 2 aromatic carbocycles. The van der Waals surface area contributed by atoms with Gasteiger partial charge >= 0.3 is 12.1 Å². The lowest BCUT2D eigenvalue weighted by Gasteiger charge is -2.21. The van der Waals surface area contributed by atoms with Crippen LogP contribution in [0.4, 0.5) is 18.9 Å². The molecule has 7 heteroatoms. The van der Waals surface area contributed by atoms with Crippen molar-refractivity contribution in [1.29, 1.82) is 0 Å². The molecule has 0 saturated carbocycles. The third-order valence-corrected chi connectivity index (χ3v) is 6.14. The lowest BCUT2D eigenvalue weighted by atomic mass is 9.88. The van der Waals surface area contributed by atoms with E-state index in [4.69, 9.17) is 11.6 Å². The number of nitrogens with one attached hydrogen (secondary N) is 1. The fourth-order valence-corrected chi connectivity index (χ4v) is 4.15. The molecule has 0 saturated heterocycles. The van der Waals surface area contributed by atoms with E-state index in [1.54, 1.807) is 6.07 Å². The number of alkyl halides is 3. The molecule has 2 aromatic rings. The molecule has 3 rings (SSSR count). The molecule has 0 radical (unpaired) electrons. The van der Waals surface area contributed by atoms with Gasteiger partial charge in [0.25, 0.3) is 0 Å². The zero-order valence-electron chi connectivity index (χ0n) is 18.8. The van der Waals surface area contributed by atoms with Gasteiger partial charge < -0.3 is 10.2 Å². The van der Waals surface area contributed by atoms with Crippen LogP contribution in [0, 0.1) is 5.41 Å². The summed E-state index contributed by atoms with van der Waals surface area (Å²) in [7, 11) is 0. The number of amides is 1. The van der Waals surface area contributed by atoms with Crippen molar-refractivity contribution in [3.63, 3.8) is 0 Å². The van der Waals surface area contributed by atoms with Crippen molar-refractivity contribution in [2.45, 2.75) is 59.2 Å². The molecule has 1 aliphatic rings. The van der Waals surface area contributed by atoms with Crippen molar-refractivity contribution in [2.75, 3.05) is 18.4 Å². The molecule has 0 aromatic heterocycles. The largest absolute Gasteiger partial charge is 0.471 e. The van der Waals surface area contributed by atoms with E-state index in [-0.39, 0.29) is 13.1 Å². The van der Waals surface area contributed by atoms with Gasteiger partial charge in [-0.2, -0.15) is 13.2 Å². The molecule has 174 valence electrons. The van der Waals surface area contributed by atoms with Gasteiger partial charge in [-0.15, -0.1) is 0 Å². The fraction of sp³-hybridized carbons (Fsp3) is 0.480. The minimum atomic E-state index is -4.85. The third-order valence-electron chi connectivity index (χ3n) is 5.83. The van der Waals surface area contributed by atoms with Gasteiger partial charge in [-0.25, -0.2) is 0 Å². The lowest BCUT2D eigenvalue weighted by Crippen LogP contribution is -2.42. The van der Waals surface area contributed by atoms with E-state index in [0.29, 0.717) is 29.8 Å². The minimum Gasteiger partial charge on any atom is -0.380 e. The van der Waals surface area contributed by atoms with Crippen LogP contribution in [-0.4, -0.2) is 30.1 Å². The Bertz CT molecular complexity index is 949. The molecule has 0 atom stereocenters. The molecule has 0 unspecified atom stereocenters. The van der Waals surface area contributed by atoms with Crippen LogP contribution in [0.25, 0.3) is 0 Å². The highest BCUT2D eigenvalue weighted by molar-refractivity contribution is 6.33. The molecule has 0 bridgehead atoms. The topological polar surface area (TPSA) is 32.3 Å². The Hall–Kier alpha value is -2.21. The van der Waals surface area contributed by atoms with Crippen LogP contribution in [0.3, 0.4) is 0 Å². The van der Waals surface area contributed by atoms with Gasteiger partial charge in [0.1, 0.15) is 0 Å². The number of fused-ring (bicyclic) bond motifs is 1. The summed E-state index contributed by atoms with van der Waals surface area (Å²) < 4.78 is 38.6. The number of hydrogen-bond acceptors (Lipinski definition) is 2. The van der Waals surface area contributed by atoms with Crippen LogP contribution >= 0.6 is 11.6 Å². The second kappa shape index (κ2) is 9.74. The predicted octanol–water partition coefficient (Wildman–Crippen LogP) is 6.42. The highest BCUT2D eigenvalue weighted by atomic mass is 35.5. The van der Waals surface area contributed by atoms with Crippen LogP contribution in [-0.2, 0) is 30.6 Å². The molecular weight excluding hydrogens is 437 g/mol. The number of carbonyl (C=O) groups is 1. The monoisotopic (exact) mass is 466 g/mol. The number of anilines is 1. The van der Waals surface area contributed by atoms with Gasteiger partial charge in [-0.05, 0) is 59.4 Å². The molecule has 1 amide bonds. The van der Waals surface area contributed by atoms with E-state index >= 15 is 0 Å². The van der Waals surface area contributed by atoms with E-state index in [1.165, 1.54) is 5.56 Å². The van der Waals surface area contributed by atoms with Crippen molar-refractivity contribution in [2.24, 2.45) is 5.41 Å². The number of aryl methyl sites for hydroxylation is 1. The third kappa shape index (κ3) is 6.41. The number of halogens is 4. The maximum absolute atomic E-state index is 12.9. The van der Waals surface area contributed by atoms with Crippen LogP contribution in [0.1, 0.15) is 49.4 Å². The number of carbonyl (C=O) groups excluding carboxylic acids is 1. The summed E-state index contributed by atoms with van der Waals surface area (Å²) in [5, 5.41) is 3.91. The van der Waals surface area contributed by atoms with Gasteiger partial charge in [0.05, 0.1) is 10.7 Å². The van der Waals surface area contributed by atoms with E-state index in [1.807, 2.05) is 6.07 Å². The second-order valence-electron chi connectivity index (χ2n) is 9.58. The van der Waals surface area contributed by atoms with E-state index < -0.39 is 12.1 Å². The summed E-state index contributed by atoms with van der Waals surface area (Å²) in [6, 6.07) is 12.1. The van der Waals surface area contributed by atoms with Gasteiger partial charge in [0.2, 0.25) is 0 Å². The van der Waals surface area contributed by atoms with Gasteiger partial charge in [-0.3, -0.25) is 4.79 Å². The first-order valence-corrected chi connectivity index (χ1v) is 11.3. The average Bonchev–Trinajstić information content (AvgIpc) is 2.93. The first-order valence-electron chi connectivity index (χ1n) is 10.9. The average molecular weight is 467 g/mol. The summed E-state index contributed by atoms with van der Waals surface area (Å²) in [6.07, 6.45) is -2.02. The van der Waals surface area contributed by atoms with Gasteiger partial charge in [-0.1, -0.05) is 62.7 Å². The number of nitrogens with zero attached hydrogens (tertiary/aromatic N) is 1.